The normalized spacial score (nSPS) is 10.9. The number of amides is 1. The van der Waals surface area contributed by atoms with Crippen LogP contribution in [0.4, 0.5) is 5.00 Å². The van der Waals surface area contributed by atoms with Gasteiger partial charge in [0.25, 0.3) is 0 Å². The molecule has 3 N–H and O–H groups in total. The number of nitrogens with one attached hydrogen (secondary N) is 1. The maximum atomic E-state index is 11.8. The lowest BCUT2D eigenvalue weighted by Crippen LogP contribution is -2.32. The maximum absolute atomic E-state index is 11.8. The van der Waals surface area contributed by atoms with Gasteiger partial charge in [0.2, 0.25) is 0 Å². The predicted molar refractivity (Wildman–Crippen MR) is 78.0 cm³/mol. The average molecular weight is 314 g/mol. The van der Waals surface area contributed by atoms with Crippen molar-refractivity contribution in [2.75, 3.05) is 12.4 Å². The summed E-state index contributed by atoms with van der Waals surface area (Å²) in [6.45, 7) is 5.15. The third kappa shape index (κ3) is 4.83. The Bertz CT molecular complexity index is 559. The first-order chi connectivity index (χ1) is 9.67. The summed E-state index contributed by atoms with van der Waals surface area (Å²) in [4.78, 5) is 35.7. The molecule has 0 saturated heterocycles. The lowest BCUT2D eigenvalue weighted by Gasteiger charge is -2.18. The molecule has 7 nitrogen and oxygen atoms in total. The molecule has 0 aliphatic rings. The molecule has 0 saturated carbocycles. The molecule has 1 rings (SSSR count). The number of hydrogen-bond acceptors (Lipinski definition) is 7. The van der Waals surface area contributed by atoms with Crippen molar-refractivity contribution in [2.24, 2.45) is 5.73 Å². The molecule has 116 valence electrons. The van der Waals surface area contributed by atoms with E-state index < -0.39 is 23.4 Å². The Hall–Kier alpha value is -1.93. The van der Waals surface area contributed by atoms with Gasteiger partial charge in [-0.1, -0.05) is 0 Å². The molecule has 0 unspecified atom stereocenters. The van der Waals surface area contributed by atoms with E-state index in [4.69, 9.17) is 10.5 Å². The predicted octanol–water partition coefficient (Wildman–Crippen LogP) is 1.27. The van der Waals surface area contributed by atoms with Gasteiger partial charge >= 0.3 is 17.8 Å². The molecular formula is C13H18N2O5S. The fourth-order valence-electron chi connectivity index (χ4n) is 1.38. The summed E-state index contributed by atoms with van der Waals surface area (Å²) in [5.74, 6) is -2.60. The van der Waals surface area contributed by atoms with Crippen LogP contribution in [-0.4, -0.2) is 30.6 Å². The van der Waals surface area contributed by atoms with Crippen molar-refractivity contribution in [2.45, 2.75) is 32.9 Å². The first-order valence-corrected chi connectivity index (χ1v) is 6.95. The molecule has 8 heteroatoms. The summed E-state index contributed by atoms with van der Waals surface area (Å²) >= 11 is 1.10. The van der Waals surface area contributed by atoms with Gasteiger partial charge in [0.1, 0.15) is 10.6 Å². The summed E-state index contributed by atoms with van der Waals surface area (Å²) in [5.41, 5.74) is 4.87. The molecule has 0 spiro atoms. The van der Waals surface area contributed by atoms with Crippen molar-refractivity contribution in [1.29, 1.82) is 0 Å². The fourth-order valence-corrected chi connectivity index (χ4v) is 2.29. The zero-order valence-electron chi connectivity index (χ0n) is 12.3. The highest BCUT2D eigenvalue weighted by molar-refractivity contribution is 7.16. The number of carbonyl (C=O) groups is 3. The molecule has 1 aromatic rings. The largest absolute Gasteiger partial charge is 0.465 e. The fraction of sp³-hybridized carbons (Fsp3) is 0.462. The number of anilines is 1. The van der Waals surface area contributed by atoms with Crippen molar-refractivity contribution >= 4 is 34.2 Å². The number of methoxy groups -OCH3 is 1. The number of carbonyl (C=O) groups excluding carboxylic acids is 3. The molecule has 21 heavy (non-hydrogen) atoms. The summed E-state index contributed by atoms with van der Waals surface area (Å²) in [7, 11) is 1.22. The summed E-state index contributed by atoms with van der Waals surface area (Å²) < 4.78 is 9.56. The smallest absolute Gasteiger partial charge is 0.397 e. The third-order valence-electron chi connectivity index (χ3n) is 2.20. The average Bonchev–Trinajstić information content (AvgIpc) is 2.78. The molecule has 0 radical (unpaired) electrons. The van der Waals surface area contributed by atoms with E-state index in [0.717, 1.165) is 11.3 Å². The molecular weight excluding hydrogens is 296 g/mol. The maximum Gasteiger partial charge on any atom is 0.397 e. The van der Waals surface area contributed by atoms with Gasteiger partial charge in [-0.25, -0.2) is 9.59 Å². The van der Waals surface area contributed by atoms with Crippen LogP contribution in [0.3, 0.4) is 0 Å². The Kier molecular flexibility index (Phi) is 5.45. The molecule has 1 heterocycles. The zero-order valence-corrected chi connectivity index (χ0v) is 13.1. The Morgan fingerprint density at radius 3 is 2.43 bits per heavy atom. The molecule has 0 aromatic carbocycles. The van der Waals surface area contributed by atoms with Crippen LogP contribution in [0.15, 0.2) is 6.07 Å². The van der Waals surface area contributed by atoms with Gasteiger partial charge in [-0.15, -0.1) is 11.3 Å². The Labute approximate surface area is 126 Å². The highest BCUT2D eigenvalue weighted by Crippen LogP contribution is 2.28. The summed E-state index contributed by atoms with van der Waals surface area (Å²) in [6.07, 6.45) is 0. The number of thiophene rings is 1. The second kappa shape index (κ2) is 6.68. The van der Waals surface area contributed by atoms with Crippen LogP contribution >= 0.6 is 11.3 Å². The second-order valence-corrected chi connectivity index (χ2v) is 6.24. The number of nitrogens with two attached hydrogens (primary N) is 1. The van der Waals surface area contributed by atoms with E-state index in [9.17, 15) is 14.4 Å². The van der Waals surface area contributed by atoms with Crippen LogP contribution in [-0.2, 0) is 25.6 Å². The van der Waals surface area contributed by atoms with Gasteiger partial charge in [-0.3, -0.25) is 4.79 Å². The van der Waals surface area contributed by atoms with Crippen molar-refractivity contribution in [3.05, 3.63) is 16.5 Å². The minimum absolute atomic E-state index is 0.153. The van der Waals surface area contributed by atoms with Gasteiger partial charge < -0.3 is 20.5 Å². The van der Waals surface area contributed by atoms with Crippen molar-refractivity contribution in [1.82, 2.24) is 0 Å². The highest BCUT2D eigenvalue weighted by atomic mass is 32.1. The van der Waals surface area contributed by atoms with Crippen LogP contribution in [0.2, 0.25) is 0 Å². The Morgan fingerprint density at radius 1 is 1.33 bits per heavy atom. The van der Waals surface area contributed by atoms with Crippen molar-refractivity contribution in [3.8, 4) is 0 Å². The van der Waals surface area contributed by atoms with Crippen molar-refractivity contribution in [3.63, 3.8) is 0 Å². The highest BCUT2D eigenvalue weighted by Gasteiger charge is 2.25. The first kappa shape index (κ1) is 17.1. The topological polar surface area (TPSA) is 108 Å². The Morgan fingerprint density at radius 2 is 1.95 bits per heavy atom. The molecule has 1 amide bonds. The lowest BCUT2D eigenvalue weighted by molar-refractivity contribution is -0.161. The minimum Gasteiger partial charge on any atom is -0.465 e. The van der Waals surface area contributed by atoms with Crippen LogP contribution in [0.25, 0.3) is 0 Å². The lowest BCUT2D eigenvalue weighted by atomic mass is 10.2. The van der Waals surface area contributed by atoms with E-state index in [1.165, 1.54) is 13.2 Å². The van der Waals surface area contributed by atoms with E-state index in [1.54, 1.807) is 20.8 Å². The molecule has 0 fully saturated rings. The van der Waals surface area contributed by atoms with Gasteiger partial charge in [-0.05, 0) is 26.8 Å². The molecule has 0 aliphatic heterocycles. The molecule has 0 bridgehead atoms. The number of ether oxygens (including phenoxy) is 2. The summed E-state index contributed by atoms with van der Waals surface area (Å²) in [6, 6.07) is 1.52. The van der Waals surface area contributed by atoms with Gasteiger partial charge in [0, 0.05) is 11.4 Å². The SMILES string of the molecule is COC(=O)c1cc(CN)sc1NC(=O)C(=O)OC(C)(C)C. The minimum atomic E-state index is -1.03. The number of rotatable bonds is 3. The zero-order chi connectivity index (χ0) is 16.2. The second-order valence-electron chi connectivity index (χ2n) is 5.11. The molecule has 0 atom stereocenters. The van der Waals surface area contributed by atoms with E-state index in [2.05, 4.69) is 10.1 Å². The van der Waals surface area contributed by atoms with E-state index in [-0.39, 0.29) is 17.1 Å². The summed E-state index contributed by atoms with van der Waals surface area (Å²) in [5, 5.41) is 2.56. The van der Waals surface area contributed by atoms with Gasteiger partial charge in [0.05, 0.1) is 12.7 Å². The first-order valence-electron chi connectivity index (χ1n) is 6.13. The van der Waals surface area contributed by atoms with Gasteiger partial charge in [-0.2, -0.15) is 0 Å². The molecule has 1 aromatic heterocycles. The quantitative estimate of drug-likeness (QED) is 0.642. The monoisotopic (exact) mass is 314 g/mol. The van der Waals surface area contributed by atoms with Crippen LogP contribution in [0.1, 0.15) is 36.0 Å². The standard InChI is InChI=1S/C13H18N2O5S/c1-13(2,3)20-12(18)9(16)15-10-8(11(17)19-4)5-7(6-14)21-10/h5H,6,14H2,1-4H3,(H,15,16). The number of esters is 2. The van der Waals surface area contributed by atoms with Crippen LogP contribution < -0.4 is 11.1 Å². The number of hydrogen-bond donors (Lipinski definition) is 2. The van der Waals surface area contributed by atoms with E-state index in [0.29, 0.717) is 4.88 Å². The van der Waals surface area contributed by atoms with Crippen LogP contribution in [0.5, 0.6) is 0 Å². The van der Waals surface area contributed by atoms with Gasteiger partial charge in [0.15, 0.2) is 0 Å². The Balaban J connectivity index is 2.91. The van der Waals surface area contributed by atoms with Crippen molar-refractivity contribution < 1.29 is 23.9 Å². The van der Waals surface area contributed by atoms with E-state index >= 15 is 0 Å². The van der Waals surface area contributed by atoms with Crippen LogP contribution in [0, 0.1) is 0 Å². The van der Waals surface area contributed by atoms with E-state index in [1.807, 2.05) is 0 Å². The molecule has 0 aliphatic carbocycles. The third-order valence-corrected chi connectivity index (χ3v) is 3.27.